The molecule has 0 atom stereocenters. The number of hydrogen-bond acceptors (Lipinski definition) is 4. The Bertz CT molecular complexity index is 1130. The van der Waals surface area contributed by atoms with Crippen LogP contribution in [0.15, 0.2) is 49.0 Å². The molecular formula is C21H16ClF3N2O3. The van der Waals surface area contributed by atoms with Crippen molar-refractivity contribution in [3.05, 3.63) is 71.0 Å². The molecule has 156 valence electrons. The monoisotopic (exact) mass is 436 g/mol. The van der Waals surface area contributed by atoms with Gasteiger partial charge in [-0.25, -0.2) is 4.98 Å². The first kappa shape index (κ1) is 21.4. The summed E-state index contributed by atoms with van der Waals surface area (Å²) in [6, 6.07) is 9.37. The number of carboxylic acid groups (broad SMARTS) is 1. The van der Waals surface area contributed by atoms with E-state index in [2.05, 4.69) is 16.9 Å². The van der Waals surface area contributed by atoms with Crippen molar-refractivity contribution in [3.8, 4) is 11.5 Å². The lowest BCUT2D eigenvalue weighted by Gasteiger charge is -2.14. The molecule has 0 amide bonds. The van der Waals surface area contributed by atoms with Crippen LogP contribution in [0.4, 0.5) is 13.2 Å². The zero-order chi connectivity index (χ0) is 22.1. The average Bonchev–Trinajstić information content (AvgIpc) is 2.68. The van der Waals surface area contributed by atoms with Crippen molar-refractivity contribution < 1.29 is 27.8 Å². The molecule has 2 aromatic carbocycles. The highest BCUT2D eigenvalue weighted by atomic mass is 35.5. The number of pyridine rings is 1. The lowest BCUT2D eigenvalue weighted by atomic mass is 10.0. The van der Waals surface area contributed by atoms with Gasteiger partial charge in [-0.05, 0) is 60.3 Å². The number of hydrogen-bond donors (Lipinski definition) is 2. The van der Waals surface area contributed by atoms with Crippen molar-refractivity contribution in [1.29, 1.82) is 0 Å². The Morgan fingerprint density at radius 1 is 1.17 bits per heavy atom. The summed E-state index contributed by atoms with van der Waals surface area (Å²) in [4.78, 5) is 15.1. The Kier molecular flexibility index (Phi) is 5.89. The minimum atomic E-state index is -4.42. The Hall–Kier alpha value is -3.26. The maximum Gasteiger partial charge on any atom is 0.416 e. The predicted molar refractivity (Wildman–Crippen MR) is 108 cm³/mol. The van der Waals surface area contributed by atoms with Gasteiger partial charge in [-0.3, -0.25) is 4.79 Å². The number of aromatic nitrogens is 1. The second kappa shape index (κ2) is 8.23. The number of ether oxygens (including phenoxy) is 1. The van der Waals surface area contributed by atoms with Crippen molar-refractivity contribution in [1.82, 2.24) is 10.3 Å². The summed E-state index contributed by atoms with van der Waals surface area (Å²) < 4.78 is 43.8. The molecule has 3 aromatic rings. The topological polar surface area (TPSA) is 71.5 Å². The Morgan fingerprint density at radius 3 is 2.40 bits per heavy atom. The van der Waals surface area contributed by atoms with Gasteiger partial charge in [0.1, 0.15) is 23.2 Å². The summed E-state index contributed by atoms with van der Waals surface area (Å²) in [7, 11) is 0. The number of carboxylic acids is 1. The van der Waals surface area contributed by atoms with Gasteiger partial charge in [0.25, 0.3) is 0 Å². The maximum atomic E-state index is 12.7. The molecule has 0 saturated heterocycles. The predicted octanol–water partition coefficient (Wildman–Crippen LogP) is 5.65. The molecule has 0 bridgehead atoms. The molecule has 1 aromatic heterocycles. The van der Waals surface area contributed by atoms with Crippen LogP contribution in [0.5, 0.6) is 11.5 Å². The summed E-state index contributed by atoms with van der Waals surface area (Å²) in [5.41, 5.74) is 0.627. The fourth-order valence-electron chi connectivity index (χ4n) is 2.85. The molecule has 2 N–H and O–H groups in total. The first-order chi connectivity index (χ1) is 14.1. The molecule has 30 heavy (non-hydrogen) atoms. The molecule has 0 radical (unpaired) electrons. The minimum absolute atomic E-state index is 0.199. The van der Waals surface area contributed by atoms with Crippen molar-refractivity contribution in [2.45, 2.75) is 13.1 Å². The SMILES string of the molecule is C=C(NCC(=O)O)c1nc(Cl)c2ccc(Oc3ccc(C(F)(F)F)cc3)cc2c1C. The van der Waals surface area contributed by atoms with Gasteiger partial charge in [0.05, 0.1) is 17.0 Å². The number of halogens is 4. The lowest BCUT2D eigenvalue weighted by molar-refractivity contribution is -0.138. The van der Waals surface area contributed by atoms with Crippen LogP contribution in [0.2, 0.25) is 5.15 Å². The molecule has 0 unspecified atom stereocenters. The Balaban J connectivity index is 1.93. The standard InChI is InChI=1S/C21H16ClF3N2O3/c1-11-17-9-15(30-14-5-3-13(4-6-14)21(23,24)25)7-8-16(17)20(22)27-19(11)12(2)26-10-18(28)29/h3-9,26H,2,10H2,1H3,(H,28,29). The van der Waals surface area contributed by atoms with Crippen molar-refractivity contribution >= 4 is 34.0 Å². The van der Waals surface area contributed by atoms with Gasteiger partial charge in [-0.15, -0.1) is 0 Å². The third-order valence-corrected chi connectivity index (χ3v) is 4.63. The number of aryl methyl sites for hydroxylation is 1. The van der Waals surface area contributed by atoms with Crippen LogP contribution in [0, 0.1) is 6.92 Å². The average molecular weight is 437 g/mol. The van der Waals surface area contributed by atoms with Gasteiger partial charge in [-0.2, -0.15) is 13.2 Å². The van der Waals surface area contributed by atoms with Crippen LogP contribution in [-0.4, -0.2) is 22.6 Å². The summed E-state index contributed by atoms with van der Waals surface area (Å²) in [5.74, 6) is -0.413. The van der Waals surface area contributed by atoms with Crippen LogP contribution in [0.25, 0.3) is 16.5 Å². The van der Waals surface area contributed by atoms with E-state index in [0.29, 0.717) is 33.5 Å². The van der Waals surface area contributed by atoms with Crippen LogP contribution in [0.3, 0.4) is 0 Å². The van der Waals surface area contributed by atoms with Gasteiger partial charge in [-0.1, -0.05) is 18.2 Å². The number of rotatable bonds is 6. The van der Waals surface area contributed by atoms with Gasteiger partial charge in [0, 0.05) is 5.39 Å². The molecule has 0 fully saturated rings. The number of alkyl halides is 3. The zero-order valence-electron chi connectivity index (χ0n) is 15.7. The Morgan fingerprint density at radius 2 is 1.80 bits per heavy atom. The second-order valence-electron chi connectivity index (χ2n) is 6.43. The summed E-state index contributed by atoms with van der Waals surface area (Å²) in [6.07, 6.45) is -4.42. The second-order valence-corrected chi connectivity index (χ2v) is 6.79. The number of nitrogens with one attached hydrogen (secondary N) is 1. The first-order valence-electron chi connectivity index (χ1n) is 8.66. The largest absolute Gasteiger partial charge is 0.480 e. The molecule has 0 aliphatic heterocycles. The van der Waals surface area contributed by atoms with E-state index in [1.54, 1.807) is 25.1 Å². The minimum Gasteiger partial charge on any atom is -0.480 e. The van der Waals surface area contributed by atoms with Gasteiger partial charge in [0.15, 0.2) is 0 Å². The van der Waals surface area contributed by atoms with Crippen molar-refractivity contribution in [2.75, 3.05) is 6.54 Å². The van der Waals surface area contributed by atoms with Crippen molar-refractivity contribution in [3.63, 3.8) is 0 Å². The van der Waals surface area contributed by atoms with E-state index < -0.39 is 17.7 Å². The number of benzene rings is 2. The summed E-state index contributed by atoms with van der Waals surface area (Å²) >= 11 is 6.27. The third-order valence-electron chi connectivity index (χ3n) is 4.34. The van der Waals surface area contributed by atoms with E-state index in [1.165, 1.54) is 12.1 Å². The third kappa shape index (κ3) is 4.65. The molecule has 5 nitrogen and oxygen atoms in total. The highest BCUT2D eigenvalue weighted by molar-refractivity contribution is 6.34. The number of aliphatic carboxylic acids is 1. The first-order valence-corrected chi connectivity index (χ1v) is 9.04. The molecule has 1 heterocycles. The van der Waals surface area contributed by atoms with Crippen molar-refractivity contribution in [2.24, 2.45) is 0 Å². The molecule has 0 aliphatic carbocycles. The van der Waals surface area contributed by atoms with Crippen LogP contribution < -0.4 is 10.1 Å². The highest BCUT2D eigenvalue weighted by Gasteiger charge is 2.30. The number of carbonyl (C=O) groups is 1. The fourth-order valence-corrected chi connectivity index (χ4v) is 3.10. The van der Waals surface area contributed by atoms with E-state index in [-0.39, 0.29) is 17.4 Å². The normalized spacial score (nSPS) is 11.4. The number of fused-ring (bicyclic) bond motifs is 1. The van der Waals surface area contributed by atoms with Gasteiger partial charge >= 0.3 is 12.1 Å². The van der Waals surface area contributed by atoms with Crippen LogP contribution in [0.1, 0.15) is 16.8 Å². The fraction of sp³-hybridized carbons (Fsp3) is 0.143. The van der Waals surface area contributed by atoms with Crippen LogP contribution in [-0.2, 0) is 11.0 Å². The molecule has 9 heteroatoms. The lowest BCUT2D eigenvalue weighted by Crippen LogP contribution is -2.21. The van der Waals surface area contributed by atoms with Gasteiger partial charge in [0.2, 0.25) is 0 Å². The van der Waals surface area contributed by atoms with E-state index >= 15 is 0 Å². The molecule has 0 saturated carbocycles. The molecule has 3 rings (SSSR count). The van der Waals surface area contributed by atoms with Crippen LogP contribution >= 0.6 is 11.6 Å². The zero-order valence-corrected chi connectivity index (χ0v) is 16.4. The quantitative estimate of drug-likeness (QED) is 0.488. The van der Waals surface area contributed by atoms with Gasteiger partial charge < -0.3 is 15.2 Å². The summed E-state index contributed by atoms with van der Waals surface area (Å²) in [5, 5.41) is 13.0. The van der Waals surface area contributed by atoms with E-state index in [9.17, 15) is 18.0 Å². The smallest absolute Gasteiger partial charge is 0.416 e. The summed E-state index contributed by atoms with van der Waals surface area (Å²) in [6.45, 7) is 5.25. The molecule has 0 aliphatic rings. The number of nitrogens with zero attached hydrogens (tertiary/aromatic N) is 1. The van der Waals surface area contributed by atoms with E-state index in [0.717, 1.165) is 12.1 Å². The molecule has 0 spiro atoms. The Labute approximate surface area is 174 Å². The van der Waals surface area contributed by atoms with E-state index in [4.69, 9.17) is 21.4 Å². The maximum absolute atomic E-state index is 12.7. The highest BCUT2D eigenvalue weighted by Crippen LogP contribution is 2.34. The van der Waals surface area contributed by atoms with E-state index in [1.807, 2.05) is 0 Å². The molecular weight excluding hydrogens is 421 g/mol.